The molecule has 0 aliphatic carbocycles. The minimum Gasteiger partial charge on any atom is -0.508 e. The highest BCUT2D eigenvalue weighted by molar-refractivity contribution is 5.85. The molecule has 0 saturated carbocycles. The molecular weight excluding hydrogens is 210 g/mol. The zero-order valence-electron chi connectivity index (χ0n) is 8.80. The number of phenolic OH excluding ortho intramolecular Hbond substituents is 1. The summed E-state index contributed by atoms with van der Waals surface area (Å²) in [4.78, 5) is 21.6. The Morgan fingerprint density at radius 2 is 1.88 bits per heavy atom. The van der Waals surface area contributed by atoms with Gasteiger partial charge in [-0.2, -0.15) is 0 Å². The maximum absolute atomic E-state index is 11.2. The first kappa shape index (κ1) is 12.0. The predicted octanol–water partition coefficient (Wildman–Crippen LogP) is 1.16. The van der Waals surface area contributed by atoms with Crippen LogP contribution in [0.2, 0.25) is 0 Å². The van der Waals surface area contributed by atoms with Crippen molar-refractivity contribution in [3.05, 3.63) is 29.8 Å². The first-order valence-corrected chi connectivity index (χ1v) is 4.77. The molecule has 16 heavy (non-hydrogen) atoms. The standard InChI is InChI=1S/C11H13NO4/c1-7(13)10(12-11(15)16)6-8-2-4-9(14)5-3-8/h2-5,10,12,14H,6H2,1H3,(H,15,16)/t10-/m1/s1. The van der Waals surface area contributed by atoms with Crippen LogP contribution in [-0.2, 0) is 11.2 Å². The monoisotopic (exact) mass is 223 g/mol. The number of hydrogen-bond donors (Lipinski definition) is 3. The van der Waals surface area contributed by atoms with Crippen molar-refractivity contribution in [2.45, 2.75) is 19.4 Å². The Labute approximate surface area is 92.7 Å². The van der Waals surface area contributed by atoms with Crippen LogP contribution in [0.25, 0.3) is 0 Å². The first-order valence-electron chi connectivity index (χ1n) is 4.77. The molecule has 0 radical (unpaired) electrons. The lowest BCUT2D eigenvalue weighted by Gasteiger charge is -2.13. The maximum atomic E-state index is 11.2. The van der Waals surface area contributed by atoms with Crippen LogP contribution in [0.5, 0.6) is 5.75 Å². The molecular formula is C11H13NO4. The Morgan fingerprint density at radius 3 is 2.31 bits per heavy atom. The van der Waals surface area contributed by atoms with Gasteiger partial charge in [0.2, 0.25) is 0 Å². The van der Waals surface area contributed by atoms with E-state index in [4.69, 9.17) is 10.2 Å². The number of nitrogens with one attached hydrogen (secondary N) is 1. The van der Waals surface area contributed by atoms with Gasteiger partial charge in [-0.15, -0.1) is 0 Å². The van der Waals surface area contributed by atoms with E-state index in [-0.39, 0.29) is 18.0 Å². The van der Waals surface area contributed by atoms with Gasteiger partial charge in [-0.3, -0.25) is 4.79 Å². The number of ketones is 1. The molecule has 1 amide bonds. The molecule has 0 heterocycles. The summed E-state index contributed by atoms with van der Waals surface area (Å²) in [6.07, 6.45) is -0.943. The second kappa shape index (κ2) is 5.16. The van der Waals surface area contributed by atoms with E-state index >= 15 is 0 Å². The normalized spacial score (nSPS) is 11.8. The molecule has 3 N–H and O–H groups in total. The summed E-state index contributed by atoms with van der Waals surface area (Å²) in [5, 5.41) is 19.8. The Hall–Kier alpha value is -2.04. The Bertz CT molecular complexity index is 385. The second-order valence-corrected chi connectivity index (χ2v) is 3.48. The molecule has 0 aliphatic rings. The summed E-state index contributed by atoms with van der Waals surface area (Å²) < 4.78 is 0. The lowest BCUT2D eigenvalue weighted by molar-refractivity contribution is -0.118. The number of rotatable bonds is 4. The van der Waals surface area contributed by atoms with Crippen LogP contribution in [0.4, 0.5) is 4.79 Å². The fourth-order valence-electron chi connectivity index (χ4n) is 1.31. The number of carboxylic acid groups (broad SMARTS) is 1. The SMILES string of the molecule is CC(=O)[C@@H](Cc1ccc(O)cc1)NC(=O)O. The van der Waals surface area contributed by atoms with Gasteiger partial charge in [0.15, 0.2) is 5.78 Å². The van der Waals surface area contributed by atoms with Crippen LogP contribution >= 0.6 is 0 Å². The molecule has 0 fully saturated rings. The highest BCUT2D eigenvalue weighted by Crippen LogP contribution is 2.11. The summed E-state index contributed by atoms with van der Waals surface area (Å²) in [5.41, 5.74) is 0.784. The largest absolute Gasteiger partial charge is 0.508 e. The molecule has 0 aromatic heterocycles. The second-order valence-electron chi connectivity index (χ2n) is 3.48. The fourth-order valence-corrected chi connectivity index (χ4v) is 1.31. The van der Waals surface area contributed by atoms with Crippen LogP contribution in [0.3, 0.4) is 0 Å². The molecule has 86 valence electrons. The molecule has 1 aromatic carbocycles. The molecule has 0 bridgehead atoms. The molecule has 1 aromatic rings. The van der Waals surface area contributed by atoms with Gasteiger partial charge in [-0.25, -0.2) is 4.79 Å². The fraction of sp³-hybridized carbons (Fsp3) is 0.273. The van der Waals surface area contributed by atoms with Crippen molar-refractivity contribution in [3.63, 3.8) is 0 Å². The molecule has 5 nitrogen and oxygen atoms in total. The van der Waals surface area contributed by atoms with Crippen LogP contribution in [-0.4, -0.2) is 28.1 Å². The van der Waals surface area contributed by atoms with E-state index in [1.807, 2.05) is 0 Å². The summed E-state index contributed by atoms with van der Waals surface area (Å²) in [6.45, 7) is 1.33. The van der Waals surface area contributed by atoms with Crippen molar-refractivity contribution in [2.24, 2.45) is 0 Å². The smallest absolute Gasteiger partial charge is 0.405 e. The van der Waals surface area contributed by atoms with Crippen LogP contribution in [0, 0.1) is 0 Å². The summed E-state index contributed by atoms with van der Waals surface area (Å²) in [6, 6.07) is 5.53. The average molecular weight is 223 g/mol. The Morgan fingerprint density at radius 1 is 1.31 bits per heavy atom. The van der Waals surface area contributed by atoms with E-state index in [0.717, 1.165) is 5.56 Å². The van der Waals surface area contributed by atoms with Crippen molar-refractivity contribution in [2.75, 3.05) is 0 Å². The molecule has 0 unspecified atom stereocenters. The highest BCUT2D eigenvalue weighted by Gasteiger charge is 2.16. The summed E-state index contributed by atoms with van der Waals surface area (Å²) >= 11 is 0. The minimum atomic E-state index is -1.22. The highest BCUT2D eigenvalue weighted by atomic mass is 16.4. The average Bonchev–Trinajstić information content (AvgIpc) is 2.19. The lowest BCUT2D eigenvalue weighted by Crippen LogP contribution is -2.40. The van der Waals surface area contributed by atoms with E-state index < -0.39 is 12.1 Å². The number of phenols is 1. The van der Waals surface area contributed by atoms with Gasteiger partial charge < -0.3 is 15.5 Å². The summed E-state index contributed by atoms with van der Waals surface area (Å²) in [7, 11) is 0. The number of Topliss-reactive ketones (excluding diaryl/α,β-unsaturated/α-hetero) is 1. The molecule has 1 rings (SSSR count). The predicted molar refractivity (Wildman–Crippen MR) is 57.4 cm³/mol. The van der Waals surface area contributed by atoms with Gasteiger partial charge in [0, 0.05) is 0 Å². The molecule has 5 heteroatoms. The van der Waals surface area contributed by atoms with Crippen molar-refractivity contribution in [1.82, 2.24) is 5.32 Å². The van der Waals surface area contributed by atoms with Crippen LogP contribution < -0.4 is 5.32 Å². The van der Waals surface area contributed by atoms with E-state index in [1.54, 1.807) is 12.1 Å². The van der Waals surface area contributed by atoms with Gasteiger partial charge in [-0.1, -0.05) is 12.1 Å². The third kappa shape index (κ3) is 3.61. The molecule has 0 spiro atoms. The van der Waals surface area contributed by atoms with Gasteiger partial charge in [0.25, 0.3) is 0 Å². The van der Waals surface area contributed by atoms with Gasteiger partial charge >= 0.3 is 6.09 Å². The lowest BCUT2D eigenvalue weighted by atomic mass is 10.0. The first-order chi connectivity index (χ1) is 7.49. The van der Waals surface area contributed by atoms with E-state index in [2.05, 4.69) is 5.32 Å². The zero-order chi connectivity index (χ0) is 12.1. The topological polar surface area (TPSA) is 86.6 Å². The maximum Gasteiger partial charge on any atom is 0.405 e. The van der Waals surface area contributed by atoms with Crippen molar-refractivity contribution in [3.8, 4) is 5.75 Å². The number of benzene rings is 1. The number of amides is 1. The number of carbonyl (C=O) groups is 2. The number of hydrogen-bond acceptors (Lipinski definition) is 3. The Kier molecular flexibility index (Phi) is 3.88. The molecule has 0 saturated heterocycles. The van der Waals surface area contributed by atoms with E-state index in [9.17, 15) is 9.59 Å². The minimum absolute atomic E-state index is 0.134. The summed E-state index contributed by atoms with van der Waals surface area (Å²) in [5.74, 6) is -0.107. The zero-order valence-corrected chi connectivity index (χ0v) is 8.80. The van der Waals surface area contributed by atoms with Crippen molar-refractivity contribution in [1.29, 1.82) is 0 Å². The third-order valence-corrected chi connectivity index (χ3v) is 2.16. The van der Waals surface area contributed by atoms with Crippen molar-refractivity contribution < 1.29 is 19.8 Å². The molecule has 0 aliphatic heterocycles. The van der Waals surface area contributed by atoms with E-state index in [1.165, 1.54) is 19.1 Å². The third-order valence-electron chi connectivity index (χ3n) is 2.16. The van der Waals surface area contributed by atoms with Crippen LogP contribution in [0.1, 0.15) is 12.5 Å². The van der Waals surface area contributed by atoms with Crippen molar-refractivity contribution >= 4 is 11.9 Å². The Balaban J connectivity index is 2.71. The quantitative estimate of drug-likeness (QED) is 0.714. The molecule has 1 atom stereocenters. The van der Waals surface area contributed by atoms with Gasteiger partial charge in [0.1, 0.15) is 5.75 Å². The number of aromatic hydroxyl groups is 1. The number of carbonyl (C=O) groups excluding carboxylic acids is 1. The van der Waals surface area contributed by atoms with Crippen LogP contribution in [0.15, 0.2) is 24.3 Å². The van der Waals surface area contributed by atoms with E-state index in [0.29, 0.717) is 0 Å². The van der Waals surface area contributed by atoms with Gasteiger partial charge in [-0.05, 0) is 31.0 Å². The van der Waals surface area contributed by atoms with Gasteiger partial charge in [0.05, 0.1) is 6.04 Å².